The lowest BCUT2D eigenvalue weighted by molar-refractivity contribution is -0.144. The zero-order valence-electron chi connectivity index (χ0n) is 13.0. The van der Waals surface area contributed by atoms with Gasteiger partial charge in [0.2, 0.25) is 5.91 Å². The van der Waals surface area contributed by atoms with Gasteiger partial charge in [-0.3, -0.25) is 4.79 Å². The number of morpholine rings is 1. The van der Waals surface area contributed by atoms with Gasteiger partial charge in [-0.2, -0.15) is 11.8 Å². The molecular weight excluding hydrogens is 296 g/mol. The molecule has 2 saturated heterocycles. The lowest BCUT2D eigenvalue weighted by Gasteiger charge is -2.39. The smallest absolute Gasteiger partial charge is 0.224 e. The first-order chi connectivity index (χ1) is 10.7. The van der Waals surface area contributed by atoms with Gasteiger partial charge in [-0.25, -0.2) is 0 Å². The van der Waals surface area contributed by atoms with Crippen LogP contribution in [0.1, 0.15) is 25.0 Å². The Labute approximate surface area is 136 Å². The summed E-state index contributed by atoms with van der Waals surface area (Å²) in [6, 6.07) is 10.7. The molecule has 1 aromatic carbocycles. The Morgan fingerprint density at radius 2 is 2.23 bits per heavy atom. The zero-order chi connectivity index (χ0) is 15.4. The van der Waals surface area contributed by atoms with E-state index >= 15 is 0 Å². The Bertz CT molecular complexity index is 491. The normalized spacial score (nSPS) is 29.3. The van der Waals surface area contributed by atoms with Gasteiger partial charge in [0.15, 0.2) is 0 Å². The molecule has 4 nitrogen and oxygen atoms in total. The van der Waals surface area contributed by atoms with E-state index in [1.807, 2.05) is 34.9 Å². The standard InChI is InChI=1S/C17H24N2O2S/c1-13-11-21-16(14-5-3-2-4-6-14)10-19(13)17(20)9-15-12-22-8-7-18-15/h2-6,13,15-16,18H,7-12H2,1H3/t13-,15-,16-/m1/s1. The molecule has 1 amide bonds. The van der Waals surface area contributed by atoms with Crippen LogP contribution in [0.25, 0.3) is 0 Å². The van der Waals surface area contributed by atoms with Crippen molar-refractivity contribution in [1.82, 2.24) is 10.2 Å². The lowest BCUT2D eigenvalue weighted by Crippen LogP contribution is -2.50. The highest BCUT2D eigenvalue weighted by molar-refractivity contribution is 7.99. The van der Waals surface area contributed by atoms with E-state index in [-0.39, 0.29) is 18.1 Å². The minimum atomic E-state index is -0.00459. The molecule has 1 aromatic rings. The van der Waals surface area contributed by atoms with Gasteiger partial charge in [0, 0.05) is 30.5 Å². The van der Waals surface area contributed by atoms with Crippen LogP contribution < -0.4 is 5.32 Å². The Balaban J connectivity index is 1.62. The van der Waals surface area contributed by atoms with Crippen LogP contribution in [0, 0.1) is 0 Å². The van der Waals surface area contributed by atoms with Crippen molar-refractivity contribution in [2.45, 2.75) is 31.5 Å². The summed E-state index contributed by atoms with van der Waals surface area (Å²) >= 11 is 1.93. The SMILES string of the molecule is C[C@@H]1CO[C@@H](c2ccccc2)CN1C(=O)C[C@@H]1CSCCN1. The van der Waals surface area contributed by atoms with Crippen LogP contribution >= 0.6 is 11.8 Å². The molecule has 0 bridgehead atoms. The van der Waals surface area contributed by atoms with Gasteiger partial charge in [-0.05, 0) is 12.5 Å². The Morgan fingerprint density at radius 3 is 2.95 bits per heavy atom. The van der Waals surface area contributed by atoms with Crippen LogP contribution in [0.2, 0.25) is 0 Å². The van der Waals surface area contributed by atoms with E-state index in [2.05, 4.69) is 24.4 Å². The van der Waals surface area contributed by atoms with Crippen LogP contribution in [0.15, 0.2) is 30.3 Å². The zero-order valence-corrected chi connectivity index (χ0v) is 13.8. The summed E-state index contributed by atoms with van der Waals surface area (Å²) in [5.41, 5.74) is 1.15. The number of ether oxygens (including phenoxy) is 1. The molecule has 0 aromatic heterocycles. The average molecular weight is 320 g/mol. The predicted octanol–water partition coefficient (Wildman–Crippen LogP) is 2.07. The van der Waals surface area contributed by atoms with Gasteiger partial charge in [0.1, 0.15) is 6.10 Å². The first-order valence-electron chi connectivity index (χ1n) is 8.01. The second kappa shape index (κ2) is 7.49. The molecule has 2 fully saturated rings. The fourth-order valence-electron chi connectivity index (χ4n) is 3.05. The van der Waals surface area contributed by atoms with E-state index in [0.717, 1.165) is 23.6 Å². The molecule has 2 aliphatic heterocycles. The van der Waals surface area contributed by atoms with Crippen molar-refractivity contribution >= 4 is 17.7 Å². The third-order valence-electron chi connectivity index (χ3n) is 4.34. The molecule has 3 atom stereocenters. The van der Waals surface area contributed by atoms with Crippen molar-refractivity contribution in [1.29, 1.82) is 0 Å². The van der Waals surface area contributed by atoms with Gasteiger partial charge < -0.3 is 15.0 Å². The monoisotopic (exact) mass is 320 g/mol. The third-order valence-corrected chi connectivity index (χ3v) is 5.48. The fraction of sp³-hybridized carbons (Fsp3) is 0.588. The highest BCUT2D eigenvalue weighted by Gasteiger charge is 2.31. The van der Waals surface area contributed by atoms with Gasteiger partial charge in [0.25, 0.3) is 0 Å². The molecule has 1 N–H and O–H groups in total. The fourth-order valence-corrected chi connectivity index (χ4v) is 4.00. The maximum absolute atomic E-state index is 12.7. The Hall–Kier alpha value is -1.04. The number of hydrogen-bond acceptors (Lipinski definition) is 4. The second-order valence-electron chi connectivity index (χ2n) is 6.06. The molecule has 5 heteroatoms. The molecule has 2 aliphatic rings. The number of thioether (sulfide) groups is 1. The van der Waals surface area contributed by atoms with Gasteiger partial charge >= 0.3 is 0 Å². The van der Waals surface area contributed by atoms with Crippen LogP contribution in [0.4, 0.5) is 0 Å². The number of carbonyl (C=O) groups excluding carboxylic acids is 1. The largest absolute Gasteiger partial charge is 0.370 e. The minimum absolute atomic E-state index is 0.00459. The molecule has 0 aliphatic carbocycles. The van der Waals surface area contributed by atoms with Crippen molar-refractivity contribution in [2.75, 3.05) is 31.2 Å². The van der Waals surface area contributed by atoms with Crippen molar-refractivity contribution in [3.63, 3.8) is 0 Å². The molecule has 0 spiro atoms. The third kappa shape index (κ3) is 3.83. The first kappa shape index (κ1) is 15.8. The molecule has 0 saturated carbocycles. The quantitative estimate of drug-likeness (QED) is 0.926. The summed E-state index contributed by atoms with van der Waals surface area (Å²) in [4.78, 5) is 14.7. The van der Waals surface area contributed by atoms with Gasteiger partial charge in [-0.1, -0.05) is 30.3 Å². The van der Waals surface area contributed by atoms with Crippen LogP contribution in [0.3, 0.4) is 0 Å². The average Bonchev–Trinajstić information content (AvgIpc) is 2.57. The van der Waals surface area contributed by atoms with Crippen molar-refractivity contribution in [3.05, 3.63) is 35.9 Å². The first-order valence-corrected chi connectivity index (χ1v) is 9.16. The lowest BCUT2D eigenvalue weighted by atomic mass is 10.1. The molecule has 120 valence electrons. The number of hydrogen-bond donors (Lipinski definition) is 1. The second-order valence-corrected chi connectivity index (χ2v) is 7.21. The Kier molecular flexibility index (Phi) is 5.39. The van der Waals surface area contributed by atoms with Gasteiger partial charge in [0.05, 0.1) is 19.2 Å². The highest BCUT2D eigenvalue weighted by Crippen LogP contribution is 2.25. The number of carbonyl (C=O) groups is 1. The maximum Gasteiger partial charge on any atom is 0.224 e. The van der Waals surface area contributed by atoms with Crippen molar-refractivity contribution in [3.8, 4) is 0 Å². The van der Waals surface area contributed by atoms with E-state index in [9.17, 15) is 4.79 Å². The summed E-state index contributed by atoms with van der Waals surface area (Å²) in [5, 5.41) is 3.45. The van der Waals surface area contributed by atoms with E-state index in [0.29, 0.717) is 25.6 Å². The number of rotatable bonds is 3. The summed E-state index contributed by atoms with van der Waals surface area (Å²) < 4.78 is 5.93. The topological polar surface area (TPSA) is 41.6 Å². The van der Waals surface area contributed by atoms with Crippen LogP contribution in [-0.4, -0.2) is 54.1 Å². The maximum atomic E-state index is 12.7. The minimum Gasteiger partial charge on any atom is -0.370 e. The predicted molar refractivity (Wildman–Crippen MR) is 90.0 cm³/mol. The highest BCUT2D eigenvalue weighted by atomic mass is 32.2. The summed E-state index contributed by atoms with van der Waals surface area (Å²) in [6.07, 6.45) is 0.591. The number of benzene rings is 1. The number of nitrogens with zero attached hydrogens (tertiary/aromatic N) is 1. The molecule has 0 radical (unpaired) electrons. The number of nitrogens with one attached hydrogen (secondary N) is 1. The van der Waals surface area contributed by atoms with Crippen molar-refractivity contribution < 1.29 is 9.53 Å². The molecule has 0 unspecified atom stereocenters. The molecule has 3 rings (SSSR count). The van der Waals surface area contributed by atoms with E-state index in [1.54, 1.807) is 0 Å². The summed E-state index contributed by atoms with van der Waals surface area (Å²) in [7, 11) is 0. The summed E-state index contributed by atoms with van der Waals surface area (Å²) in [6.45, 7) is 4.35. The van der Waals surface area contributed by atoms with Gasteiger partial charge in [-0.15, -0.1) is 0 Å². The molecule has 22 heavy (non-hydrogen) atoms. The van der Waals surface area contributed by atoms with E-state index < -0.39 is 0 Å². The van der Waals surface area contributed by atoms with Crippen LogP contribution in [-0.2, 0) is 9.53 Å². The van der Waals surface area contributed by atoms with Crippen LogP contribution in [0.5, 0.6) is 0 Å². The number of amides is 1. The Morgan fingerprint density at radius 1 is 1.41 bits per heavy atom. The molecule has 2 heterocycles. The van der Waals surface area contributed by atoms with E-state index in [4.69, 9.17) is 4.74 Å². The summed E-state index contributed by atoms with van der Waals surface area (Å²) in [5.74, 6) is 2.43. The van der Waals surface area contributed by atoms with E-state index in [1.165, 1.54) is 0 Å². The van der Waals surface area contributed by atoms with Crippen molar-refractivity contribution in [2.24, 2.45) is 0 Å². The molecular formula is C17H24N2O2S.